The van der Waals surface area contributed by atoms with Crippen molar-refractivity contribution >= 4 is 17.3 Å². The molecule has 2 N–H and O–H groups in total. The van der Waals surface area contributed by atoms with Crippen LogP contribution >= 0.6 is 0 Å². The number of amides is 1. The Hall–Kier alpha value is -2.56. The first kappa shape index (κ1) is 16.8. The zero-order valence-corrected chi connectivity index (χ0v) is 13.3. The van der Waals surface area contributed by atoms with Crippen molar-refractivity contribution in [2.24, 2.45) is 0 Å². The summed E-state index contributed by atoms with van der Waals surface area (Å²) in [6, 6.07) is 13.6. The van der Waals surface area contributed by atoms with Gasteiger partial charge in [0, 0.05) is 18.7 Å². The average Bonchev–Trinajstić information content (AvgIpc) is 2.51. The van der Waals surface area contributed by atoms with E-state index in [1.54, 1.807) is 30.3 Å². The monoisotopic (exact) mass is 316 g/mol. The van der Waals surface area contributed by atoms with Crippen LogP contribution in [0.4, 0.5) is 15.8 Å². The van der Waals surface area contributed by atoms with Crippen LogP contribution in [-0.4, -0.2) is 18.6 Å². The summed E-state index contributed by atoms with van der Waals surface area (Å²) < 4.78 is 19.0. The molecule has 0 fully saturated rings. The van der Waals surface area contributed by atoms with E-state index in [-0.39, 0.29) is 24.2 Å². The van der Waals surface area contributed by atoms with Crippen molar-refractivity contribution in [3.63, 3.8) is 0 Å². The molecule has 0 spiro atoms. The number of hydrogen-bond donors (Lipinski definition) is 2. The standard InChI is InChI=1S/C18H21FN2O2/c1-13(2)23-15-9-7-14(8-10-15)21-18(22)11-12-20-17-6-4-3-5-16(17)19/h3-10,13,20H,11-12H2,1-2H3,(H,21,22). The van der Waals surface area contributed by atoms with Crippen LogP contribution in [0.25, 0.3) is 0 Å². The Kier molecular flexibility index (Phi) is 5.97. The number of ether oxygens (including phenoxy) is 1. The number of halogens is 1. The van der Waals surface area contributed by atoms with Gasteiger partial charge in [0.05, 0.1) is 11.8 Å². The highest BCUT2D eigenvalue weighted by Crippen LogP contribution is 2.17. The Balaban J connectivity index is 1.77. The van der Waals surface area contributed by atoms with E-state index >= 15 is 0 Å². The van der Waals surface area contributed by atoms with Gasteiger partial charge in [-0.25, -0.2) is 4.39 Å². The molecule has 2 aromatic rings. The minimum Gasteiger partial charge on any atom is -0.491 e. The minimum atomic E-state index is -0.325. The van der Waals surface area contributed by atoms with Crippen LogP contribution in [0.3, 0.4) is 0 Å². The second-order valence-corrected chi connectivity index (χ2v) is 5.40. The highest BCUT2D eigenvalue weighted by molar-refractivity contribution is 5.91. The molecule has 4 nitrogen and oxygen atoms in total. The topological polar surface area (TPSA) is 50.4 Å². The maximum Gasteiger partial charge on any atom is 0.226 e. The van der Waals surface area contributed by atoms with Gasteiger partial charge in [0.1, 0.15) is 11.6 Å². The molecule has 122 valence electrons. The van der Waals surface area contributed by atoms with Gasteiger partial charge < -0.3 is 15.4 Å². The fraction of sp³-hybridized carbons (Fsp3) is 0.278. The van der Waals surface area contributed by atoms with E-state index in [0.717, 1.165) is 5.75 Å². The molecule has 0 atom stereocenters. The summed E-state index contributed by atoms with van der Waals surface area (Å²) in [5.74, 6) is 0.305. The molecule has 0 saturated carbocycles. The molecule has 0 saturated heterocycles. The van der Waals surface area contributed by atoms with Crippen molar-refractivity contribution in [3.8, 4) is 5.75 Å². The number of carbonyl (C=O) groups excluding carboxylic acids is 1. The molecule has 23 heavy (non-hydrogen) atoms. The van der Waals surface area contributed by atoms with E-state index in [1.165, 1.54) is 6.07 Å². The molecule has 0 aliphatic rings. The summed E-state index contributed by atoms with van der Waals surface area (Å²) in [4.78, 5) is 11.9. The van der Waals surface area contributed by atoms with Gasteiger partial charge in [-0.2, -0.15) is 0 Å². The summed E-state index contributed by atoms with van der Waals surface area (Å²) in [5.41, 5.74) is 1.10. The van der Waals surface area contributed by atoms with Crippen molar-refractivity contribution in [1.29, 1.82) is 0 Å². The lowest BCUT2D eigenvalue weighted by Gasteiger charge is -2.11. The van der Waals surface area contributed by atoms with Gasteiger partial charge in [-0.05, 0) is 50.2 Å². The van der Waals surface area contributed by atoms with E-state index in [0.29, 0.717) is 17.9 Å². The molecular weight excluding hydrogens is 295 g/mol. The van der Waals surface area contributed by atoms with Gasteiger partial charge in [-0.1, -0.05) is 12.1 Å². The molecule has 0 aliphatic carbocycles. The maximum atomic E-state index is 13.4. The van der Waals surface area contributed by atoms with Gasteiger partial charge >= 0.3 is 0 Å². The number of rotatable bonds is 7. The Bertz CT molecular complexity index is 642. The number of carbonyl (C=O) groups is 1. The molecule has 0 aromatic heterocycles. The van der Waals surface area contributed by atoms with Crippen LogP contribution in [-0.2, 0) is 4.79 Å². The van der Waals surface area contributed by atoms with E-state index in [9.17, 15) is 9.18 Å². The van der Waals surface area contributed by atoms with Gasteiger partial charge in [0.2, 0.25) is 5.91 Å². The number of anilines is 2. The predicted molar refractivity (Wildman–Crippen MR) is 90.3 cm³/mol. The first-order valence-electron chi connectivity index (χ1n) is 7.59. The zero-order valence-electron chi connectivity index (χ0n) is 13.3. The summed E-state index contributed by atoms with van der Waals surface area (Å²) in [6.07, 6.45) is 0.360. The molecule has 1 amide bonds. The summed E-state index contributed by atoms with van der Waals surface area (Å²) in [7, 11) is 0. The van der Waals surface area contributed by atoms with Gasteiger partial charge in [0.25, 0.3) is 0 Å². The fourth-order valence-electron chi connectivity index (χ4n) is 2.03. The Labute approximate surface area is 135 Å². The van der Waals surface area contributed by atoms with Crippen LogP contribution in [0.15, 0.2) is 48.5 Å². The molecule has 2 aromatic carbocycles. The lowest BCUT2D eigenvalue weighted by Crippen LogP contribution is -2.16. The molecule has 2 rings (SSSR count). The van der Waals surface area contributed by atoms with Crippen molar-refractivity contribution in [1.82, 2.24) is 0 Å². The summed E-state index contributed by atoms with van der Waals surface area (Å²) in [5, 5.41) is 5.70. The van der Waals surface area contributed by atoms with E-state index < -0.39 is 0 Å². The first-order chi connectivity index (χ1) is 11.0. The van der Waals surface area contributed by atoms with E-state index in [1.807, 2.05) is 26.0 Å². The number of nitrogens with one attached hydrogen (secondary N) is 2. The average molecular weight is 316 g/mol. The lowest BCUT2D eigenvalue weighted by molar-refractivity contribution is -0.115. The fourth-order valence-corrected chi connectivity index (χ4v) is 2.03. The van der Waals surface area contributed by atoms with Crippen molar-refractivity contribution < 1.29 is 13.9 Å². The van der Waals surface area contributed by atoms with Gasteiger partial charge in [0.15, 0.2) is 0 Å². The number of para-hydroxylation sites is 1. The van der Waals surface area contributed by atoms with Gasteiger partial charge in [-0.15, -0.1) is 0 Å². The van der Waals surface area contributed by atoms with Crippen LogP contribution in [0, 0.1) is 5.82 Å². The highest BCUT2D eigenvalue weighted by Gasteiger charge is 2.05. The third-order valence-corrected chi connectivity index (χ3v) is 3.05. The predicted octanol–water partition coefficient (Wildman–Crippen LogP) is 4.05. The van der Waals surface area contributed by atoms with E-state index in [2.05, 4.69) is 10.6 Å². The highest BCUT2D eigenvalue weighted by atomic mass is 19.1. The SMILES string of the molecule is CC(C)Oc1ccc(NC(=O)CCNc2ccccc2F)cc1. The minimum absolute atomic E-state index is 0.111. The van der Waals surface area contributed by atoms with Gasteiger partial charge in [-0.3, -0.25) is 4.79 Å². The van der Waals surface area contributed by atoms with Crippen LogP contribution in [0.2, 0.25) is 0 Å². The molecule has 0 heterocycles. The third kappa shape index (κ3) is 5.62. The van der Waals surface area contributed by atoms with Crippen LogP contribution in [0.1, 0.15) is 20.3 Å². The Morgan fingerprint density at radius 3 is 2.48 bits per heavy atom. The third-order valence-electron chi connectivity index (χ3n) is 3.05. The summed E-state index contributed by atoms with van der Waals surface area (Å²) >= 11 is 0. The lowest BCUT2D eigenvalue weighted by atomic mass is 10.2. The number of hydrogen-bond acceptors (Lipinski definition) is 3. The molecule has 0 aliphatic heterocycles. The molecular formula is C18H21FN2O2. The normalized spacial score (nSPS) is 10.4. The van der Waals surface area contributed by atoms with E-state index in [4.69, 9.17) is 4.74 Å². The second-order valence-electron chi connectivity index (χ2n) is 5.40. The molecule has 0 unspecified atom stereocenters. The molecule has 5 heteroatoms. The number of benzene rings is 2. The first-order valence-corrected chi connectivity index (χ1v) is 7.59. The van der Waals surface area contributed by atoms with Crippen LogP contribution in [0.5, 0.6) is 5.75 Å². The molecule has 0 radical (unpaired) electrons. The smallest absolute Gasteiger partial charge is 0.226 e. The Morgan fingerprint density at radius 2 is 1.83 bits per heavy atom. The molecule has 0 bridgehead atoms. The largest absolute Gasteiger partial charge is 0.491 e. The summed E-state index contributed by atoms with van der Waals surface area (Å²) in [6.45, 7) is 4.28. The van der Waals surface area contributed by atoms with Crippen molar-refractivity contribution in [3.05, 3.63) is 54.3 Å². The Morgan fingerprint density at radius 1 is 1.13 bits per heavy atom. The maximum absolute atomic E-state index is 13.4. The quantitative estimate of drug-likeness (QED) is 0.810. The second kappa shape index (κ2) is 8.17. The van der Waals surface area contributed by atoms with Crippen molar-refractivity contribution in [2.75, 3.05) is 17.2 Å². The zero-order chi connectivity index (χ0) is 16.7. The van der Waals surface area contributed by atoms with Crippen LogP contribution < -0.4 is 15.4 Å². The van der Waals surface area contributed by atoms with Crippen molar-refractivity contribution in [2.45, 2.75) is 26.4 Å².